The van der Waals surface area contributed by atoms with E-state index in [1.165, 1.54) is 5.56 Å². The van der Waals surface area contributed by atoms with Gasteiger partial charge in [-0.3, -0.25) is 4.79 Å². The Balaban J connectivity index is 1.36. The second kappa shape index (κ2) is 9.37. The lowest BCUT2D eigenvalue weighted by molar-refractivity contribution is -0.121. The first kappa shape index (κ1) is 20.6. The highest BCUT2D eigenvalue weighted by molar-refractivity contribution is 5.76. The molecule has 0 spiro atoms. The van der Waals surface area contributed by atoms with Crippen LogP contribution in [0.1, 0.15) is 38.6 Å². The number of carbonyl (C=O) groups excluding carboxylic acids is 1. The Hall–Kier alpha value is -3.15. The molecule has 1 N–H and O–H groups in total. The fraction of sp³-hybridized carbons (Fsp3) is 0.348. The van der Waals surface area contributed by atoms with Crippen LogP contribution in [0.5, 0.6) is 5.75 Å². The molecule has 0 aliphatic carbocycles. The summed E-state index contributed by atoms with van der Waals surface area (Å²) < 4.78 is 10.9. The minimum atomic E-state index is -0.0730. The van der Waals surface area contributed by atoms with E-state index in [9.17, 15) is 4.79 Å². The molecule has 0 bridgehead atoms. The molecule has 0 atom stereocenters. The summed E-state index contributed by atoms with van der Waals surface area (Å²) in [6.07, 6.45) is 0.692. The number of nitrogens with zero attached hydrogens (tertiary/aromatic N) is 2. The van der Waals surface area contributed by atoms with Crippen LogP contribution in [0.2, 0.25) is 0 Å². The zero-order valence-corrected chi connectivity index (χ0v) is 17.1. The fourth-order valence-corrected chi connectivity index (χ4v) is 2.78. The van der Waals surface area contributed by atoms with Crippen LogP contribution in [0.3, 0.4) is 0 Å². The normalized spacial score (nSPS) is 11.3. The van der Waals surface area contributed by atoms with Crippen LogP contribution < -0.4 is 10.1 Å². The molecule has 3 aromatic rings. The minimum Gasteiger partial charge on any atom is -0.492 e. The van der Waals surface area contributed by atoms with Crippen molar-refractivity contribution in [2.45, 2.75) is 39.0 Å². The SMILES string of the molecule is CC(C)(C)c1ccc(OCCNC(=O)CCc2nc(-c3ccccc3)no2)cc1. The van der Waals surface area contributed by atoms with E-state index in [2.05, 4.69) is 48.4 Å². The lowest BCUT2D eigenvalue weighted by Gasteiger charge is -2.19. The molecule has 29 heavy (non-hydrogen) atoms. The quantitative estimate of drug-likeness (QED) is 0.582. The molecule has 2 aromatic carbocycles. The number of aromatic nitrogens is 2. The second-order valence-corrected chi connectivity index (χ2v) is 7.85. The number of hydrogen-bond donors (Lipinski definition) is 1. The molecule has 1 amide bonds. The van der Waals surface area contributed by atoms with Crippen molar-refractivity contribution in [1.29, 1.82) is 0 Å². The molecule has 0 aliphatic heterocycles. The Morgan fingerprint density at radius 1 is 1.07 bits per heavy atom. The van der Waals surface area contributed by atoms with Crippen molar-refractivity contribution in [2.24, 2.45) is 0 Å². The maximum Gasteiger partial charge on any atom is 0.227 e. The zero-order valence-electron chi connectivity index (χ0n) is 17.1. The third kappa shape index (κ3) is 6.17. The number of benzene rings is 2. The Labute approximate surface area is 171 Å². The Kier molecular flexibility index (Phi) is 6.65. The number of ether oxygens (including phenoxy) is 1. The summed E-state index contributed by atoms with van der Waals surface area (Å²) >= 11 is 0. The van der Waals surface area contributed by atoms with E-state index in [4.69, 9.17) is 9.26 Å². The third-order valence-corrected chi connectivity index (χ3v) is 4.48. The lowest BCUT2D eigenvalue weighted by atomic mass is 9.87. The third-order valence-electron chi connectivity index (χ3n) is 4.48. The van der Waals surface area contributed by atoms with Crippen LogP contribution in [-0.4, -0.2) is 29.2 Å². The Morgan fingerprint density at radius 3 is 2.48 bits per heavy atom. The van der Waals surface area contributed by atoms with E-state index < -0.39 is 0 Å². The highest BCUT2D eigenvalue weighted by Gasteiger charge is 2.13. The molecule has 0 radical (unpaired) electrons. The number of carbonyl (C=O) groups is 1. The first-order valence-electron chi connectivity index (χ1n) is 9.80. The predicted molar refractivity (Wildman–Crippen MR) is 112 cm³/mol. The van der Waals surface area contributed by atoms with Crippen molar-refractivity contribution in [1.82, 2.24) is 15.5 Å². The van der Waals surface area contributed by atoms with Crippen molar-refractivity contribution in [2.75, 3.05) is 13.2 Å². The summed E-state index contributed by atoms with van der Waals surface area (Å²) in [5, 5.41) is 6.80. The van der Waals surface area contributed by atoms with Gasteiger partial charge in [0.25, 0.3) is 0 Å². The maximum atomic E-state index is 12.0. The second-order valence-electron chi connectivity index (χ2n) is 7.85. The minimum absolute atomic E-state index is 0.0730. The zero-order chi connectivity index (χ0) is 20.7. The largest absolute Gasteiger partial charge is 0.492 e. The van der Waals surface area contributed by atoms with Crippen LogP contribution in [0.25, 0.3) is 11.4 Å². The monoisotopic (exact) mass is 393 g/mol. The molecule has 1 heterocycles. The van der Waals surface area contributed by atoms with Crippen molar-refractivity contribution in [3.63, 3.8) is 0 Å². The molecular formula is C23H27N3O3. The predicted octanol–water partition coefficient (Wildman–Crippen LogP) is 4.16. The van der Waals surface area contributed by atoms with E-state index in [-0.39, 0.29) is 17.7 Å². The number of nitrogens with one attached hydrogen (secondary N) is 1. The number of amides is 1. The van der Waals surface area contributed by atoms with Gasteiger partial charge in [0.2, 0.25) is 17.6 Å². The van der Waals surface area contributed by atoms with Gasteiger partial charge in [-0.05, 0) is 23.1 Å². The molecule has 0 aliphatic rings. The molecule has 0 saturated carbocycles. The molecule has 0 unspecified atom stereocenters. The molecular weight excluding hydrogens is 366 g/mol. The molecule has 152 valence electrons. The molecule has 6 heteroatoms. The van der Waals surface area contributed by atoms with Gasteiger partial charge in [-0.15, -0.1) is 0 Å². The van der Waals surface area contributed by atoms with E-state index in [0.717, 1.165) is 11.3 Å². The summed E-state index contributed by atoms with van der Waals surface area (Å²) in [7, 11) is 0. The smallest absolute Gasteiger partial charge is 0.227 e. The van der Waals surface area contributed by atoms with Gasteiger partial charge < -0.3 is 14.6 Å². The lowest BCUT2D eigenvalue weighted by Crippen LogP contribution is -2.28. The number of hydrogen-bond acceptors (Lipinski definition) is 5. The van der Waals surface area contributed by atoms with Gasteiger partial charge in [-0.25, -0.2) is 0 Å². The van der Waals surface area contributed by atoms with E-state index >= 15 is 0 Å². The van der Waals surface area contributed by atoms with Crippen LogP contribution in [0.4, 0.5) is 0 Å². The number of rotatable bonds is 8. The average molecular weight is 393 g/mol. The highest BCUT2D eigenvalue weighted by Crippen LogP contribution is 2.24. The van der Waals surface area contributed by atoms with Gasteiger partial charge in [0.05, 0.1) is 6.54 Å². The fourth-order valence-electron chi connectivity index (χ4n) is 2.78. The first-order chi connectivity index (χ1) is 13.9. The summed E-state index contributed by atoms with van der Waals surface area (Å²) in [4.78, 5) is 16.3. The molecule has 0 saturated heterocycles. The van der Waals surface area contributed by atoms with E-state index in [1.807, 2.05) is 42.5 Å². The molecule has 0 fully saturated rings. The Bertz CT molecular complexity index is 913. The van der Waals surface area contributed by atoms with Crippen LogP contribution in [0.15, 0.2) is 59.1 Å². The van der Waals surface area contributed by atoms with Crippen LogP contribution in [-0.2, 0) is 16.6 Å². The summed E-state index contributed by atoms with van der Waals surface area (Å²) in [6.45, 7) is 7.39. The van der Waals surface area contributed by atoms with Gasteiger partial charge in [0.15, 0.2) is 0 Å². The van der Waals surface area contributed by atoms with Gasteiger partial charge in [0.1, 0.15) is 12.4 Å². The molecule has 1 aromatic heterocycles. The van der Waals surface area contributed by atoms with Crippen LogP contribution >= 0.6 is 0 Å². The van der Waals surface area contributed by atoms with E-state index in [0.29, 0.717) is 31.3 Å². The van der Waals surface area contributed by atoms with Gasteiger partial charge >= 0.3 is 0 Å². The highest BCUT2D eigenvalue weighted by atomic mass is 16.5. The summed E-state index contributed by atoms with van der Waals surface area (Å²) in [5.41, 5.74) is 2.27. The topological polar surface area (TPSA) is 77.2 Å². The summed E-state index contributed by atoms with van der Waals surface area (Å²) in [5.74, 6) is 1.71. The first-order valence-corrected chi connectivity index (χ1v) is 9.80. The van der Waals surface area contributed by atoms with Gasteiger partial charge in [-0.2, -0.15) is 4.98 Å². The standard InChI is InChI=1S/C23H27N3O3/c1-23(2,3)18-9-11-19(12-10-18)28-16-15-24-20(27)13-14-21-25-22(26-29-21)17-7-5-4-6-8-17/h4-12H,13-16H2,1-3H3,(H,24,27). The van der Waals surface area contributed by atoms with Gasteiger partial charge in [-0.1, -0.05) is 68.4 Å². The van der Waals surface area contributed by atoms with Gasteiger partial charge in [0, 0.05) is 18.4 Å². The average Bonchev–Trinajstić information content (AvgIpc) is 3.19. The molecule has 6 nitrogen and oxygen atoms in total. The van der Waals surface area contributed by atoms with Crippen LogP contribution in [0, 0.1) is 0 Å². The van der Waals surface area contributed by atoms with Crippen molar-refractivity contribution in [3.8, 4) is 17.1 Å². The van der Waals surface area contributed by atoms with Crippen molar-refractivity contribution >= 4 is 5.91 Å². The van der Waals surface area contributed by atoms with Crippen molar-refractivity contribution in [3.05, 3.63) is 66.1 Å². The van der Waals surface area contributed by atoms with Crippen molar-refractivity contribution < 1.29 is 14.1 Å². The Morgan fingerprint density at radius 2 is 1.79 bits per heavy atom. The maximum absolute atomic E-state index is 12.0. The molecule has 3 rings (SSSR count). The number of aryl methyl sites for hydroxylation is 1. The summed E-state index contributed by atoms with van der Waals surface area (Å²) in [6, 6.07) is 17.7. The van der Waals surface area contributed by atoms with E-state index in [1.54, 1.807) is 0 Å².